The summed E-state index contributed by atoms with van der Waals surface area (Å²) in [5.41, 5.74) is 1.16. The molecular weight excluding hydrogens is 287 g/mol. The number of nitrogens with zero attached hydrogens (tertiary/aromatic N) is 1. The molecule has 1 aromatic rings. The van der Waals surface area contributed by atoms with E-state index in [1.165, 1.54) is 7.11 Å². The number of carbonyl (C=O) groups is 1. The number of aromatic nitrogens is 1. The van der Waals surface area contributed by atoms with Gasteiger partial charge in [0.1, 0.15) is 5.82 Å². The van der Waals surface area contributed by atoms with Gasteiger partial charge in [-0.1, -0.05) is 11.6 Å². The average Bonchev–Trinajstić information content (AvgIpc) is 2.30. The number of hydrogen-bond acceptors (Lipinski definition) is 4. The van der Waals surface area contributed by atoms with Gasteiger partial charge in [-0.25, -0.2) is 10.5 Å². The molecule has 0 radical (unpaired) electrons. The van der Waals surface area contributed by atoms with Gasteiger partial charge in [-0.05, 0) is 6.07 Å². The molecule has 0 saturated heterocycles. The smallest absolute Gasteiger partial charge is 0.368 e. The van der Waals surface area contributed by atoms with E-state index in [2.05, 4.69) is 20.6 Å². The van der Waals surface area contributed by atoms with Crippen molar-refractivity contribution in [3.63, 3.8) is 0 Å². The first-order valence-corrected chi connectivity index (χ1v) is 5.51. The second-order valence-corrected chi connectivity index (χ2v) is 3.87. The molecule has 0 fully saturated rings. The molecule has 1 rings (SSSR count). The molecule has 0 aliphatic heterocycles. The summed E-state index contributed by atoms with van der Waals surface area (Å²) in [7, 11) is 1.29. The Bertz CT molecular complexity index is 454. The molecule has 0 unspecified atom stereocenters. The highest BCUT2D eigenvalue weighted by Gasteiger charge is 2.31. The number of amides is 1. The largest absolute Gasteiger partial charge is 0.417 e. The number of nitrogens with one attached hydrogen (secondary N) is 2. The minimum absolute atomic E-state index is 0.0624. The monoisotopic (exact) mass is 297 g/mol. The summed E-state index contributed by atoms with van der Waals surface area (Å²) < 4.78 is 37.1. The second-order valence-electron chi connectivity index (χ2n) is 3.46. The van der Waals surface area contributed by atoms with E-state index in [0.29, 0.717) is 6.20 Å². The molecule has 1 amide bonds. The van der Waals surface area contributed by atoms with Gasteiger partial charge >= 0.3 is 6.18 Å². The van der Waals surface area contributed by atoms with Crippen molar-refractivity contribution in [3.05, 3.63) is 22.8 Å². The first-order valence-electron chi connectivity index (χ1n) is 5.13. The van der Waals surface area contributed by atoms with Crippen LogP contribution in [0.5, 0.6) is 0 Å². The van der Waals surface area contributed by atoms with Gasteiger partial charge in [-0.15, -0.1) is 0 Å². The lowest BCUT2D eigenvalue weighted by Crippen LogP contribution is -2.24. The van der Waals surface area contributed by atoms with Crippen LogP contribution in [0.3, 0.4) is 0 Å². The minimum Gasteiger partial charge on any atom is -0.368 e. The van der Waals surface area contributed by atoms with Gasteiger partial charge in [0.15, 0.2) is 0 Å². The van der Waals surface area contributed by atoms with E-state index < -0.39 is 11.7 Å². The molecule has 0 bridgehead atoms. The maximum absolute atomic E-state index is 12.4. The molecule has 9 heteroatoms. The van der Waals surface area contributed by atoms with Crippen LogP contribution in [-0.2, 0) is 15.8 Å². The SMILES string of the molecule is CONC(=O)CCNc1ncc(C(F)(F)F)cc1Cl. The quantitative estimate of drug-likeness (QED) is 0.818. The molecule has 0 saturated carbocycles. The lowest BCUT2D eigenvalue weighted by Gasteiger charge is -2.10. The Balaban J connectivity index is 2.58. The second kappa shape index (κ2) is 6.58. The summed E-state index contributed by atoms with van der Waals surface area (Å²) in [6.07, 6.45) is -3.76. The lowest BCUT2D eigenvalue weighted by molar-refractivity contribution is -0.137. The van der Waals surface area contributed by atoms with Crippen LogP contribution in [0.1, 0.15) is 12.0 Å². The number of alkyl halides is 3. The molecule has 0 aliphatic carbocycles. The number of rotatable bonds is 5. The zero-order chi connectivity index (χ0) is 14.5. The summed E-state index contributed by atoms with van der Waals surface area (Å²) in [6.45, 7) is 0.160. The van der Waals surface area contributed by atoms with E-state index in [0.717, 1.165) is 6.07 Å². The molecule has 5 nitrogen and oxygen atoms in total. The Morgan fingerprint density at radius 2 is 2.21 bits per heavy atom. The maximum Gasteiger partial charge on any atom is 0.417 e. The molecule has 0 atom stereocenters. The first kappa shape index (κ1) is 15.5. The number of halogens is 4. The summed E-state index contributed by atoms with van der Waals surface area (Å²) in [4.78, 5) is 19.0. The van der Waals surface area contributed by atoms with Crippen molar-refractivity contribution in [2.45, 2.75) is 12.6 Å². The van der Waals surface area contributed by atoms with Crippen LogP contribution in [0.4, 0.5) is 19.0 Å². The molecule has 106 valence electrons. The van der Waals surface area contributed by atoms with Crippen LogP contribution in [0.2, 0.25) is 5.02 Å². The van der Waals surface area contributed by atoms with E-state index in [9.17, 15) is 18.0 Å². The van der Waals surface area contributed by atoms with Gasteiger partial charge < -0.3 is 5.32 Å². The number of pyridine rings is 1. The van der Waals surface area contributed by atoms with Crippen molar-refractivity contribution in [2.75, 3.05) is 19.0 Å². The maximum atomic E-state index is 12.4. The average molecular weight is 298 g/mol. The van der Waals surface area contributed by atoms with Crippen molar-refractivity contribution in [1.82, 2.24) is 10.5 Å². The van der Waals surface area contributed by atoms with Gasteiger partial charge in [0.25, 0.3) is 0 Å². The lowest BCUT2D eigenvalue weighted by atomic mass is 10.2. The third kappa shape index (κ3) is 4.92. The van der Waals surface area contributed by atoms with Crippen LogP contribution in [0.25, 0.3) is 0 Å². The van der Waals surface area contributed by atoms with Gasteiger partial charge in [-0.3, -0.25) is 9.63 Å². The van der Waals surface area contributed by atoms with E-state index in [1.807, 2.05) is 0 Å². The number of hydrogen-bond donors (Lipinski definition) is 2. The molecule has 2 N–H and O–H groups in total. The van der Waals surface area contributed by atoms with Crippen LogP contribution < -0.4 is 10.8 Å². The van der Waals surface area contributed by atoms with Crippen molar-refractivity contribution in [3.8, 4) is 0 Å². The van der Waals surface area contributed by atoms with Gasteiger partial charge in [-0.2, -0.15) is 13.2 Å². The van der Waals surface area contributed by atoms with Gasteiger partial charge in [0.05, 0.1) is 17.7 Å². The fourth-order valence-corrected chi connectivity index (χ4v) is 1.42. The predicted octanol–water partition coefficient (Wildman–Crippen LogP) is 2.23. The molecule has 0 aromatic carbocycles. The summed E-state index contributed by atoms with van der Waals surface area (Å²) in [5.74, 6) is -0.294. The zero-order valence-electron chi connectivity index (χ0n) is 9.84. The number of carbonyl (C=O) groups excluding carboxylic acids is 1. The standard InChI is InChI=1S/C10H11ClF3N3O2/c1-19-17-8(18)2-3-15-9-7(11)4-6(5-16-9)10(12,13)14/h4-5H,2-3H2,1H3,(H,15,16)(H,17,18). The van der Waals surface area contributed by atoms with Crippen molar-refractivity contribution in [1.29, 1.82) is 0 Å². The third-order valence-corrected chi connectivity index (χ3v) is 2.32. The Hall–Kier alpha value is -1.54. The molecular formula is C10H11ClF3N3O2. The fraction of sp³-hybridized carbons (Fsp3) is 0.400. The topological polar surface area (TPSA) is 63.2 Å². The van der Waals surface area contributed by atoms with Crippen molar-refractivity contribution < 1.29 is 22.8 Å². The van der Waals surface area contributed by atoms with E-state index >= 15 is 0 Å². The van der Waals surface area contributed by atoms with E-state index in [1.54, 1.807) is 0 Å². The summed E-state index contributed by atoms with van der Waals surface area (Å²) in [5, 5.41) is 2.49. The van der Waals surface area contributed by atoms with Crippen LogP contribution in [0.15, 0.2) is 12.3 Å². The third-order valence-electron chi connectivity index (χ3n) is 2.03. The van der Waals surface area contributed by atoms with Gasteiger partial charge in [0, 0.05) is 19.2 Å². The minimum atomic E-state index is -4.49. The highest BCUT2D eigenvalue weighted by molar-refractivity contribution is 6.32. The summed E-state index contributed by atoms with van der Waals surface area (Å²) >= 11 is 5.66. The Morgan fingerprint density at radius 1 is 1.53 bits per heavy atom. The predicted molar refractivity (Wildman–Crippen MR) is 62.5 cm³/mol. The Morgan fingerprint density at radius 3 is 2.74 bits per heavy atom. The van der Waals surface area contributed by atoms with Crippen LogP contribution >= 0.6 is 11.6 Å². The highest BCUT2D eigenvalue weighted by Crippen LogP contribution is 2.32. The zero-order valence-corrected chi connectivity index (χ0v) is 10.6. The molecule has 0 aliphatic rings. The summed E-state index contributed by atoms with van der Waals surface area (Å²) in [6, 6.07) is 0.770. The molecule has 1 heterocycles. The van der Waals surface area contributed by atoms with Gasteiger partial charge in [0.2, 0.25) is 5.91 Å². The normalized spacial score (nSPS) is 11.2. The highest BCUT2D eigenvalue weighted by atomic mass is 35.5. The van der Waals surface area contributed by atoms with Crippen molar-refractivity contribution >= 4 is 23.3 Å². The number of anilines is 1. The molecule has 0 spiro atoms. The molecule has 19 heavy (non-hydrogen) atoms. The van der Waals surface area contributed by atoms with Crippen LogP contribution in [0, 0.1) is 0 Å². The fourth-order valence-electron chi connectivity index (χ4n) is 1.18. The van der Waals surface area contributed by atoms with E-state index in [-0.39, 0.29) is 29.7 Å². The Kier molecular flexibility index (Phi) is 5.37. The first-order chi connectivity index (χ1) is 8.84. The van der Waals surface area contributed by atoms with E-state index in [4.69, 9.17) is 11.6 Å². The van der Waals surface area contributed by atoms with Crippen molar-refractivity contribution in [2.24, 2.45) is 0 Å². The Labute approximate surface area is 112 Å². The number of hydroxylamine groups is 1. The molecule has 1 aromatic heterocycles. The van der Waals surface area contributed by atoms with Crippen LogP contribution in [-0.4, -0.2) is 24.5 Å².